The number of hydrogen-bond donors (Lipinski definition) is 0. The lowest BCUT2D eigenvalue weighted by atomic mass is 9.93. The van der Waals surface area contributed by atoms with Crippen molar-refractivity contribution >= 4 is 108 Å². The van der Waals surface area contributed by atoms with Crippen molar-refractivity contribution in [1.82, 2.24) is 0 Å². The average molecular weight is 1580 g/mol. The number of rotatable bonds is 9. The molecule has 24 aromatic rings. The number of fused-ring (bicyclic) bond motifs is 18. The third-order valence-corrected chi connectivity index (χ3v) is 26.9. The van der Waals surface area contributed by atoms with E-state index >= 15 is 0 Å². The minimum atomic E-state index is 0.923. The standard InChI is InChI=1S/2C40H24O.C40H24S/c1-2-15-33-32(14-1)35-18-7-13-29-23-30(24-37(33)39(29)35)27-11-5-9-25(21-27)26-10-6-12-28(22-26)31-17-8-19-36-34-16-3-4-20-38(34)41-40(31)36;2*1-2-14-33-32(13-1)35-16-7-12-30-22-31(24-37(33)40(30)35)28-11-6-9-26(21-28)25-8-5-10-27(20-25)29-18-19-39-36(23-29)34-15-3-4-17-38(34)41-39/h3*1-24H. The van der Waals surface area contributed by atoms with Gasteiger partial charge >= 0.3 is 0 Å². The molecular weight excluding hydrogens is 1510 g/mol. The summed E-state index contributed by atoms with van der Waals surface area (Å²) in [7, 11) is 0. The van der Waals surface area contributed by atoms with E-state index in [2.05, 4.69) is 413 Å². The summed E-state index contributed by atoms with van der Waals surface area (Å²) in [6.45, 7) is 0. The molecule has 0 aliphatic heterocycles. The molecule has 3 heterocycles. The predicted molar refractivity (Wildman–Crippen MR) is 522 cm³/mol. The normalized spacial score (nSPS) is 11.9. The van der Waals surface area contributed by atoms with E-state index in [1.54, 1.807) is 0 Å². The van der Waals surface area contributed by atoms with E-state index in [1.807, 2.05) is 35.6 Å². The van der Waals surface area contributed by atoms with Gasteiger partial charge in [0.05, 0.1) is 0 Å². The second-order valence-corrected chi connectivity index (χ2v) is 33.9. The molecule has 3 heteroatoms. The second kappa shape index (κ2) is 28.5. The van der Waals surface area contributed by atoms with E-state index in [0.29, 0.717) is 0 Å². The Balaban J connectivity index is 0.000000101. The van der Waals surface area contributed by atoms with Gasteiger partial charge in [0.25, 0.3) is 0 Å². The van der Waals surface area contributed by atoms with Gasteiger partial charge in [-0.2, -0.15) is 0 Å². The van der Waals surface area contributed by atoms with Gasteiger partial charge < -0.3 is 8.83 Å². The second-order valence-electron chi connectivity index (χ2n) is 32.8. The molecule has 27 rings (SSSR count). The fourth-order valence-corrected chi connectivity index (χ4v) is 21.1. The molecule has 0 unspecified atom stereocenters. The fourth-order valence-electron chi connectivity index (χ4n) is 20.0. The van der Waals surface area contributed by atoms with Gasteiger partial charge in [-0.15, -0.1) is 11.3 Å². The zero-order chi connectivity index (χ0) is 80.7. The summed E-state index contributed by atoms with van der Waals surface area (Å²) < 4.78 is 15.1. The summed E-state index contributed by atoms with van der Waals surface area (Å²) in [6, 6.07) is 159. The molecule has 570 valence electrons. The lowest BCUT2D eigenvalue weighted by molar-refractivity contribution is 0.669. The van der Waals surface area contributed by atoms with Gasteiger partial charge in [-0.25, -0.2) is 0 Å². The maximum atomic E-state index is 6.35. The first-order valence-corrected chi connectivity index (χ1v) is 43.1. The highest BCUT2D eigenvalue weighted by Gasteiger charge is 2.27. The first-order chi connectivity index (χ1) is 60.9. The topological polar surface area (TPSA) is 26.3 Å². The molecule has 123 heavy (non-hydrogen) atoms. The summed E-state index contributed by atoms with van der Waals surface area (Å²) in [5, 5.41) is 15.3. The van der Waals surface area contributed by atoms with Crippen LogP contribution in [0.4, 0.5) is 0 Å². The molecule has 0 saturated carbocycles. The Morgan fingerprint density at radius 1 is 0.138 bits per heavy atom. The molecule has 0 spiro atoms. The third-order valence-electron chi connectivity index (χ3n) is 25.8. The maximum Gasteiger partial charge on any atom is 0.143 e. The fraction of sp³-hybridized carbons (Fsp3) is 0. The van der Waals surface area contributed by atoms with Crippen LogP contribution in [-0.4, -0.2) is 0 Å². The molecule has 3 aliphatic carbocycles. The zero-order valence-corrected chi connectivity index (χ0v) is 67.6. The lowest BCUT2D eigenvalue weighted by Crippen LogP contribution is -1.85. The Bertz CT molecular complexity index is 8180. The molecule has 3 aliphatic rings. The van der Waals surface area contributed by atoms with Crippen LogP contribution in [-0.2, 0) is 0 Å². The number of para-hydroxylation sites is 3. The minimum Gasteiger partial charge on any atom is -0.456 e. The first-order valence-electron chi connectivity index (χ1n) is 42.3. The quantitative estimate of drug-likeness (QED) is 0.144. The van der Waals surface area contributed by atoms with Crippen molar-refractivity contribution in [3.05, 3.63) is 437 Å². The van der Waals surface area contributed by atoms with Crippen LogP contribution in [0.5, 0.6) is 0 Å². The molecule has 21 aromatic carbocycles. The highest BCUT2D eigenvalue weighted by atomic mass is 32.1. The smallest absolute Gasteiger partial charge is 0.143 e. The molecule has 0 saturated heterocycles. The maximum absolute atomic E-state index is 6.35. The van der Waals surface area contributed by atoms with E-state index in [4.69, 9.17) is 8.83 Å². The minimum absolute atomic E-state index is 0.923. The molecule has 3 aromatic heterocycles. The van der Waals surface area contributed by atoms with Crippen LogP contribution in [0.1, 0.15) is 0 Å². The van der Waals surface area contributed by atoms with Crippen LogP contribution in [0.3, 0.4) is 0 Å². The Hall–Kier alpha value is -15.8. The first kappa shape index (κ1) is 70.3. The van der Waals surface area contributed by atoms with E-state index in [0.717, 1.165) is 55.0 Å². The Labute approximate surface area is 715 Å². The van der Waals surface area contributed by atoms with E-state index in [9.17, 15) is 0 Å². The van der Waals surface area contributed by atoms with Gasteiger partial charge in [-0.1, -0.05) is 322 Å². The summed E-state index contributed by atoms with van der Waals surface area (Å²) in [5.41, 5.74) is 41.6. The van der Waals surface area contributed by atoms with Gasteiger partial charge in [-0.05, 0) is 309 Å². The average Bonchev–Trinajstić information content (AvgIpc) is 1.59. The lowest BCUT2D eigenvalue weighted by Gasteiger charge is -2.11. The highest BCUT2D eigenvalue weighted by Crippen LogP contribution is 2.53. The van der Waals surface area contributed by atoms with Crippen LogP contribution < -0.4 is 0 Å². The molecule has 0 radical (unpaired) electrons. The van der Waals surface area contributed by atoms with Crippen molar-refractivity contribution in [3.8, 4) is 167 Å². The number of thiophene rings is 1. The molecule has 0 atom stereocenters. The molecule has 0 N–H and O–H groups in total. The van der Waals surface area contributed by atoms with Crippen LogP contribution in [0.2, 0.25) is 0 Å². The van der Waals surface area contributed by atoms with Crippen molar-refractivity contribution in [2.75, 3.05) is 0 Å². The van der Waals surface area contributed by atoms with Gasteiger partial charge in [0.1, 0.15) is 22.3 Å². The van der Waals surface area contributed by atoms with Gasteiger partial charge in [0.2, 0.25) is 0 Å². The van der Waals surface area contributed by atoms with E-state index in [-0.39, 0.29) is 0 Å². The third kappa shape index (κ3) is 11.8. The highest BCUT2D eigenvalue weighted by molar-refractivity contribution is 7.25. The van der Waals surface area contributed by atoms with Gasteiger partial charge in [0, 0.05) is 47.3 Å². The van der Waals surface area contributed by atoms with Crippen LogP contribution in [0, 0.1) is 0 Å². The molecule has 2 nitrogen and oxygen atoms in total. The number of hydrogen-bond acceptors (Lipinski definition) is 3. The van der Waals surface area contributed by atoms with Crippen molar-refractivity contribution in [2.45, 2.75) is 0 Å². The molecular formula is C120H72O2S. The number of furan rings is 2. The number of benzene rings is 21. The van der Waals surface area contributed by atoms with Gasteiger partial charge in [0.15, 0.2) is 0 Å². The Morgan fingerprint density at radius 2 is 0.423 bits per heavy atom. The SMILES string of the molecule is c1cc(-c2cccc(-c3ccc4oc5ccccc5c4c3)c2)cc(-c2cc3c4c(cccc4c2)-c2ccccc2-3)c1.c1cc(-c2cccc(-c3ccc4sc5ccccc5c4c3)c2)cc(-c2cc3c4c(cccc4c2)-c2ccccc2-3)c1.c1cc(-c2cccc(-c3cccc4c3oc3ccccc34)c2)cc(-c2cc3c4c(cccc4c2)-c2ccccc2-3)c1. The van der Waals surface area contributed by atoms with E-state index < -0.39 is 0 Å². The predicted octanol–water partition coefficient (Wildman–Crippen LogP) is 34.6. The largest absolute Gasteiger partial charge is 0.456 e. The summed E-state index contributed by atoms with van der Waals surface area (Å²) in [4.78, 5) is 0. The van der Waals surface area contributed by atoms with Crippen LogP contribution >= 0.6 is 11.3 Å². The van der Waals surface area contributed by atoms with Crippen LogP contribution in [0.25, 0.3) is 263 Å². The van der Waals surface area contributed by atoms with Crippen LogP contribution in [0.15, 0.2) is 446 Å². The zero-order valence-electron chi connectivity index (χ0n) is 66.8. The Morgan fingerprint density at radius 3 is 0.870 bits per heavy atom. The summed E-state index contributed by atoms with van der Waals surface area (Å²) >= 11 is 1.87. The van der Waals surface area contributed by atoms with Crippen molar-refractivity contribution in [2.24, 2.45) is 0 Å². The molecule has 0 amide bonds. The summed E-state index contributed by atoms with van der Waals surface area (Å²) in [6.07, 6.45) is 0. The van der Waals surface area contributed by atoms with Crippen molar-refractivity contribution < 1.29 is 8.83 Å². The van der Waals surface area contributed by atoms with Gasteiger partial charge in [-0.3, -0.25) is 0 Å². The Kier molecular flexibility index (Phi) is 16.3. The molecule has 0 bridgehead atoms. The van der Waals surface area contributed by atoms with E-state index in [1.165, 1.54) is 208 Å². The summed E-state index contributed by atoms with van der Waals surface area (Å²) in [5.74, 6) is 0. The monoisotopic (exact) mass is 1580 g/mol. The molecule has 0 fully saturated rings. The van der Waals surface area contributed by atoms with Crippen molar-refractivity contribution in [3.63, 3.8) is 0 Å². The van der Waals surface area contributed by atoms with Crippen molar-refractivity contribution in [1.29, 1.82) is 0 Å².